The first-order valence-corrected chi connectivity index (χ1v) is 12.4. The Kier molecular flexibility index (Phi) is 7.15. The van der Waals surface area contributed by atoms with Crippen LogP contribution in [0, 0.1) is 5.92 Å². The van der Waals surface area contributed by atoms with Crippen molar-refractivity contribution in [2.75, 3.05) is 29.9 Å². The summed E-state index contributed by atoms with van der Waals surface area (Å²) < 4.78 is 5.88. The minimum absolute atomic E-state index is 0.0987. The van der Waals surface area contributed by atoms with Crippen LogP contribution in [-0.2, 0) is 11.2 Å². The number of pyridine rings is 1. The van der Waals surface area contributed by atoms with Gasteiger partial charge in [0.1, 0.15) is 17.1 Å². The van der Waals surface area contributed by atoms with Crippen molar-refractivity contribution in [3.8, 4) is 5.75 Å². The highest BCUT2D eigenvalue weighted by Crippen LogP contribution is 2.29. The molecule has 1 aliphatic rings. The van der Waals surface area contributed by atoms with Crippen molar-refractivity contribution in [1.82, 2.24) is 4.98 Å². The molecule has 0 unspecified atom stereocenters. The van der Waals surface area contributed by atoms with Gasteiger partial charge in [0.05, 0.1) is 0 Å². The molecule has 1 N–H and O–H groups in total. The summed E-state index contributed by atoms with van der Waals surface area (Å²) >= 11 is 5.91. The van der Waals surface area contributed by atoms with E-state index in [1.165, 1.54) is 5.56 Å². The molecule has 35 heavy (non-hydrogen) atoms. The zero-order valence-corrected chi connectivity index (χ0v) is 20.2. The molecule has 1 aliphatic heterocycles. The summed E-state index contributed by atoms with van der Waals surface area (Å²) in [6.07, 6.45) is 3.44. The first-order valence-electron chi connectivity index (χ1n) is 12.0. The van der Waals surface area contributed by atoms with Crippen molar-refractivity contribution >= 4 is 39.9 Å². The van der Waals surface area contributed by atoms with Gasteiger partial charge < -0.3 is 15.0 Å². The maximum atomic E-state index is 12.4. The number of halogens is 1. The average molecular weight is 486 g/mol. The Bertz CT molecular complexity index is 1290. The van der Waals surface area contributed by atoms with E-state index in [2.05, 4.69) is 52.7 Å². The van der Waals surface area contributed by atoms with Crippen LogP contribution >= 0.6 is 11.6 Å². The molecule has 4 aromatic rings. The van der Waals surface area contributed by atoms with E-state index in [9.17, 15) is 4.79 Å². The SMILES string of the molecule is O=C(COc1cccc2ccc(N3CCC(Cc4ccccc4)CC3)nc12)Nc1ccc(Cl)cc1. The van der Waals surface area contributed by atoms with Crippen LogP contribution in [0.25, 0.3) is 10.9 Å². The number of piperidine rings is 1. The zero-order chi connectivity index (χ0) is 24.0. The zero-order valence-electron chi connectivity index (χ0n) is 19.5. The number of nitrogens with one attached hydrogen (secondary N) is 1. The van der Waals surface area contributed by atoms with E-state index in [4.69, 9.17) is 21.3 Å². The number of hydrogen-bond acceptors (Lipinski definition) is 4. The summed E-state index contributed by atoms with van der Waals surface area (Å²) in [6, 6.07) is 27.7. The van der Waals surface area contributed by atoms with Crippen LogP contribution in [0.1, 0.15) is 18.4 Å². The first-order chi connectivity index (χ1) is 17.1. The van der Waals surface area contributed by atoms with Gasteiger partial charge in [0.2, 0.25) is 0 Å². The molecule has 0 aliphatic carbocycles. The Morgan fingerprint density at radius 2 is 1.71 bits per heavy atom. The Morgan fingerprint density at radius 1 is 0.943 bits per heavy atom. The van der Waals surface area contributed by atoms with E-state index < -0.39 is 0 Å². The lowest BCUT2D eigenvalue weighted by Crippen LogP contribution is -2.34. The van der Waals surface area contributed by atoms with E-state index in [0.29, 0.717) is 22.4 Å². The van der Waals surface area contributed by atoms with Crippen LogP contribution in [0.4, 0.5) is 11.5 Å². The third-order valence-electron chi connectivity index (χ3n) is 6.46. The fourth-order valence-corrected chi connectivity index (χ4v) is 4.72. The summed E-state index contributed by atoms with van der Waals surface area (Å²) in [5.41, 5.74) is 2.87. The number of fused-ring (bicyclic) bond motifs is 1. The van der Waals surface area contributed by atoms with E-state index in [0.717, 1.165) is 49.1 Å². The molecular formula is C29H28ClN3O2. The number of anilines is 2. The largest absolute Gasteiger partial charge is 0.481 e. The maximum Gasteiger partial charge on any atom is 0.262 e. The molecule has 3 aromatic carbocycles. The maximum absolute atomic E-state index is 12.4. The highest BCUT2D eigenvalue weighted by molar-refractivity contribution is 6.30. The first kappa shape index (κ1) is 23.2. The van der Waals surface area contributed by atoms with Crippen molar-refractivity contribution < 1.29 is 9.53 Å². The van der Waals surface area contributed by atoms with E-state index in [1.54, 1.807) is 24.3 Å². The van der Waals surface area contributed by atoms with Crippen LogP contribution in [0.3, 0.4) is 0 Å². The van der Waals surface area contributed by atoms with Crippen molar-refractivity contribution in [1.29, 1.82) is 0 Å². The number of nitrogens with zero attached hydrogens (tertiary/aromatic N) is 2. The van der Waals surface area contributed by atoms with Crippen LogP contribution in [-0.4, -0.2) is 30.6 Å². The smallest absolute Gasteiger partial charge is 0.262 e. The average Bonchev–Trinajstić information content (AvgIpc) is 2.89. The second-order valence-corrected chi connectivity index (χ2v) is 9.40. The summed E-state index contributed by atoms with van der Waals surface area (Å²) in [7, 11) is 0. The van der Waals surface area contributed by atoms with E-state index >= 15 is 0 Å². The van der Waals surface area contributed by atoms with Gasteiger partial charge in [-0.05, 0) is 73.2 Å². The minimum Gasteiger partial charge on any atom is -0.481 e. The minimum atomic E-state index is -0.235. The molecule has 178 valence electrons. The third-order valence-corrected chi connectivity index (χ3v) is 6.71. The van der Waals surface area contributed by atoms with Gasteiger partial charge in [-0.2, -0.15) is 0 Å². The fraction of sp³-hybridized carbons (Fsp3) is 0.241. The van der Waals surface area contributed by atoms with Crippen molar-refractivity contribution in [3.05, 3.63) is 95.5 Å². The number of amides is 1. The summed E-state index contributed by atoms with van der Waals surface area (Å²) in [5.74, 6) is 2.03. The third kappa shape index (κ3) is 5.92. The van der Waals surface area contributed by atoms with Crippen molar-refractivity contribution in [2.45, 2.75) is 19.3 Å². The van der Waals surface area contributed by atoms with Crippen LogP contribution in [0.5, 0.6) is 5.75 Å². The Morgan fingerprint density at radius 3 is 2.49 bits per heavy atom. The number of ether oxygens (including phenoxy) is 1. The quantitative estimate of drug-likeness (QED) is 0.330. The number of aromatic nitrogens is 1. The van der Waals surface area contributed by atoms with Crippen LogP contribution in [0.2, 0.25) is 5.02 Å². The number of para-hydroxylation sites is 1. The molecule has 6 heteroatoms. The molecule has 0 atom stereocenters. The number of carbonyl (C=O) groups excluding carboxylic acids is 1. The molecule has 2 heterocycles. The summed E-state index contributed by atoms with van der Waals surface area (Å²) in [4.78, 5) is 19.7. The number of hydrogen-bond donors (Lipinski definition) is 1. The highest BCUT2D eigenvalue weighted by Gasteiger charge is 2.21. The lowest BCUT2D eigenvalue weighted by atomic mass is 9.90. The van der Waals surface area contributed by atoms with Gasteiger partial charge in [-0.1, -0.05) is 54.1 Å². The lowest BCUT2D eigenvalue weighted by Gasteiger charge is -2.33. The van der Waals surface area contributed by atoms with Gasteiger partial charge in [0, 0.05) is 29.2 Å². The van der Waals surface area contributed by atoms with Gasteiger partial charge >= 0.3 is 0 Å². The predicted molar refractivity (Wildman–Crippen MR) is 142 cm³/mol. The monoisotopic (exact) mass is 485 g/mol. The molecule has 1 saturated heterocycles. The number of rotatable bonds is 7. The molecule has 0 radical (unpaired) electrons. The number of benzene rings is 3. The molecule has 0 spiro atoms. The molecule has 5 rings (SSSR count). The normalized spacial score (nSPS) is 14.1. The molecule has 1 amide bonds. The number of carbonyl (C=O) groups is 1. The molecule has 1 aromatic heterocycles. The van der Waals surface area contributed by atoms with E-state index in [1.807, 2.05) is 18.2 Å². The molecule has 0 bridgehead atoms. The molecule has 0 saturated carbocycles. The molecule has 1 fully saturated rings. The van der Waals surface area contributed by atoms with Crippen molar-refractivity contribution in [2.24, 2.45) is 5.92 Å². The topological polar surface area (TPSA) is 54.5 Å². The van der Waals surface area contributed by atoms with Gasteiger partial charge in [-0.15, -0.1) is 0 Å². The van der Waals surface area contributed by atoms with Gasteiger partial charge in [-0.3, -0.25) is 4.79 Å². The second-order valence-electron chi connectivity index (χ2n) is 8.96. The molecular weight excluding hydrogens is 458 g/mol. The Balaban J connectivity index is 1.22. The van der Waals surface area contributed by atoms with Gasteiger partial charge in [-0.25, -0.2) is 4.98 Å². The Labute approximate surface area is 210 Å². The van der Waals surface area contributed by atoms with Gasteiger partial charge in [0.15, 0.2) is 6.61 Å². The van der Waals surface area contributed by atoms with Crippen LogP contribution < -0.4 is 15.0 Å². The lowest BCUT2D eigenvalue weighted by molar-refractivity contribution is -0.118. The van der Waals surface area contributed by atoms with Gasteiger partial charge in [0.25, 0.3) is 5.91 Å². The van der Waals surface area contributed by atoms with Crippen molar-refractivity contribution in [3.63, 3.8) is 0 Å². The summed E-state index contributed by atoms with van der Waals surface area (Å²) in [5, 5.41) is 4.43. The predicted octanol–water partition coefficient (Wildman–Crippen LogP) is 6.36. The van der Waals surface area contributed by atoms with Crippen LogP contribution in [0.15, 0.2) is 84.9 Å². The fourth-order valence-electron chi connectivity index (χ4n) is 4.59. The highest BCUT2D eigenvalue weighted by atomic mass is 35.5. The molecule has 5 nitrogen and oxygen atoms in total. The van der Waals surface area contributed by atoms with E-state index in [-0.39, 0.29) is 12.5 Å². The second kappa shape index (κ2) is 10.8. The Hall–Kier alpha value is -3.57. The standard InChI is InChI=1S/C29H28ClN3O2/c30-24-10-12-25(13-11-24)31-28(34)20-35-26-8-4-7-23-9-14-27(32-29(23)26)33-17-15-22(16-18-33)19-21-5-2-1-3-6-21/h1-14,22H,15-20H2,(H,31,34). The summed E-state index contributed by atoms with van der Waals surface area (Å²) in [6.45, 7) is 1.88.